The predicted molar refractivity (Wildman–Crippen MR) is 110 cm³/mol. The molecule has 0 atom stereocenters. The van der Waals surface area contributed by atoms with Crippen molar-refractivity contribution in [1.82, 2.24) is 4.90 Å². The molecule has 3 N–H and O–H groups in total. The van der Waals surface area contributed by atoms with Gasteiger partial charge in [-0.2, -0.15) is 0 Å². The standard InChI is InChI=1S/C19H29N3O4S/c1-12-8-9-14(21-15(20)27)10-13(12)11-22(16(23)25-18(2,3)4)17(24)26-19(5,6)7/h8-10H,11H2,1-7H3,(H3,20,21,27). The molecule has 0 aliphatic rings. The van der Waals surface area contributed by atoms with Crippen LogP contribution in [0.2, 0.25) is 0 Å². The summed E-state index contributed by atoms with van der Waals surface area (Å²) in [5, 5.41) is 2.96. The number of nitrogens with zero attached hydrogens (tertiary/aromatic N) is 1. The van der Waals surface area contributed by atoms with E-state index in [1.807, 2.05) is 19.1 Å². The van der Waals surface area contributed by atoms with Crippen molar-refractivity contribution in [3.63, 3.8) is 0 Å². The van der Waals surface area contributed by atoms with Crippen LogP contribution in [-0.4, -0.2) is 33.4 Å². The Bertz CT molecular complexity index is 693. The molecule has 0 aromatic heterocycles. The van der Waals surface area contributed by atoms with E-state index in [9.17, 15) is 9.59 Å². The zero-order valence-electron chi connectivity index (χ0n) is 17.0. The van der Waals surface area contributed by atoms with Crippen molar-refractivity contribution in [1.29, 1.82) is 0 Å². The fourth-order valence-corrected chi connectivity index (χ4v) is 2.19. The Labute approximate surface area is 166 Å². The number of hydrogen-bond donors (Lipinski definition) is 2. The Morgan fingerprint density at radius 1 is 1.07 bits per heavy atom. The third-order valence-corrected chi connectivity index (χ3v) is 3.27. The molecule has 1 aromatic rings. The van der Waals surface area contributed by atoms with E-state index in [1.165, 1.54) is 0 Å². The molecule has 0 aliphatic carbocycles. The second kappa shape index (κ2) is 8.56. The van der Waals surface area contributed by atoms with Gasteiger partial charge in [-0.25, -0.2) is 14.5 Å². The number of carbonyl (C=O) groups is 2. The quantitative estimate of drug-likeness (QED) is 0.736. The van der Waals surface area contributed by atoms with E-state index in [4.69, 9.17) is 27.4 Å². The van der Waals surface area contributed by atoms with Crippen LogP contribution in [0.5, 0.6) is 0 Å². The number of rotatable bonds is 3. The minimum atomic E-state index is -0.774. The zero-order valence-corrected chi connectivity index (χ0v) is 17.8. The van der Waals surface area contributed by atoms with Crippen LogP contribution in [-0.2, 0) is 16.0 Å². The van der Waals surface area contributed by atoms with Gasteiger partial charge in [-0.15, -0.1) is 0 Å². The van der Waals surface area contributed by atoms with E-state index in [2.05, 4.69) is 5.32 Å². The molecule has 0 heterocycles. The number of anilines is 1. The minimum absolute atomic E-state index is 0.0114. The van der Waals surface area contributed by atoms with Crippen LogP contribution in [0.4, 0.5) is 15.3 Å². The zero-order chi connectivity index (χ0) is 21.0. The number of amides is 2. The summed E-state index contributed by atoms with van der Waals surface area (Å²) >= 11 is 4.85. The summed E-state index contributed by atoms with van der Waals surface area (Å²) < 4.78 is 10.7. The molecular formula is C19H29N3O4S. The molecule has 8 heteroatoms. The molecule has 0 bridgehead atoms. The summed E-state index contributed by atoms with van der Waals surface area (Å²) in [5.41, 5.74) is 6.30. The van der Waals surface area contributed by atoms with Crippen molar-refractivity contribution < 1.29 is 19.1 Å². The van der Waals surface area contributed by atoms with E-state index in [-0.39, 0.29) is 11.7 Å². The summed E-state index contributed by atoms with van der Waals surface area (Å²) in [7, 11) is 0. The molecule has 27 heavy (non-hydrogen) atoms. The van der Waals surface area contributed by atoms with Gasteiger partial charge >= 0.3 is 12.2 Å². The predicted octanol–water partition coefficient (Wildman–Crippen LogP) is 4.32. The normalized spacial score (nSPS) is 11.5. The van der Waals surface area contributed by atoms with E-state index in [1.54, 1.807) is 47.6 Å². The van der Waals surface area contributed by atoms with Crippen LogP contribution >= 0.6 is 12.2 Å². The molecule has 0 aliphatic heterocycles. The SMILES string of the molecule is Cc1ccc(NC(N)=S)cc1CN(C(=O)OC(C)(C)C)C(=O)OC(C)(C)C. The van der Waals surface area contributed by atoms with Gasteiger partial charge in [0.25, 0.3) is 0 Å². The Hall–Kier alpha value is -2.35. The maximum atomic E-state index is 12.6. The van der Waals surface area contributed by atoms with Gasteiger partial charge in [0.05, 0.1) is 6.54 Å². The van der Waals surface area contributed by atoms with Gasteiger partial charge in [-0.1, -0.05) is 6.07 Å². The van der Waals surface area contributed by atoms with Gasteiger partial charge in [0.1, 0.15) is 11.2 Å². The highest BCUT2D eigenvalue weighted by Crippen LogP contribution is 2.21. The molecule has 0 spiro atoms. The van der Waals surface area contributed by atoms with Gasteiger partial charge in [0.15, 0.2) is 5.11 Å². The molecule has 2 amide bonds. The first-order valence-electron chi connectivity index (χ1n) is 8.57. The maximum absolute atomic E-state index is 12.6. The van der Waals surface area contributed by atoms with Crippen LogP contribution < -0.4 is 11.1 Å². The topological polar surface area (TPSA) is 93.9 Å². The smallest absolute Gasteiger partial charge is 0.420 e. The first-order chi connectivity index (χ1) is 12.2. The lowest BCUT2D eigenvalue weighted by molar-refractivity contribution is -0.000264. The van der Waals surface area contributed by atoms with Gasteiger partial charge in [-0.05, 0) is 83.9 Å². The van der Waals surface area contributed by atoms with Crippen LogP contribution in [0.15, 0.2) is 18.2 Å². The van der Waals surface area contributed by atoms with Crippen molar-refractivity contribution in [3.8, 4) is 0 Å². The third kappa shape index (κ3) is 8.25. The van der Waals surface area contributed by atoms with E-state index >= 15 is 0 Å². The molecule has 0 saturated carbocycles. The highest BCUT2D eigenvalue weighted by molar-refractivity contribution is 7.80. The van der Waals surface area contributed by atoms with Crippen molar-refractivity contribution in [3.05, 3.63) is 29.3 Å². The highest BCUT2D eigenvalue weighted by atomic mass is 32.1. The van der Waals surface area contributed by atoms with Crippen molar-refractivity contribution in [2.45, 2.75) is 66.2 Å². The van der Waals surface area contributed by atoms with Gasteiger partial charge in [-0.3, -0.25) is 0 Å². The Balaban J connectivity index is 3.18. The Morgan fingerprint density at radius 2 is 1.56 bits per heavy atom. The molecule has 0 unspecified atom stereocenters. The Kier molecular flexibility index (Phi) is 7.19. The highest BCUT2D eigenvalue weighted by Gasteiger charge is 2.31. The van der Waals surface area contributed by atoms with Gasteiger partial charge < -0.3 is 20.5 Å². The Morgan fingerprint density at radius 3 is 1.96 bits per heavy atom. The monoisotopic (exact) mass is 395 g/mol. The molecule has 1 rings (SSSR count). The molecule has 7 nitrogen and oxygen atoms in total. The van der Waals surface area contributed by atoms with Crippen molar-refractivity contribution >= 4 is 35.2 Å². The number of imide groups is 1. The first kappa shape index (κ1) is 22.7. The lowest BCUT2D eigenvalue weighted by Crippen LogP contribution is -2.43. The molecule has 0 radical (unpaired) electrons. The maximum Gasteiger partial charge on any atom is 0.420 e. The van der Waals surface area contributed by atoms with Crippen LogP contribution in [0.3, 0.4) is 0 Å². The number of benzene rings is 1. The van der Waals surface area contributed by atoms with Crippen LogP contribution in [0.25, 0.3) is 0 Å². The molecule has 150 valence electrons. The fourth-order valence-electron chi connectivity index (χ4n) is 2.07. The molecular weight excluding hydrogens is 366 g/mol. The summed E-state index contributed by atoms with van der Waals surface area (Å²) in [4.78, 5) is 26.2. The number of aryl methyl sites for hydroxylation is 1. The fraction of sp³-hybridized carbons (Fsp3) is 0.526. The number of hydrogen-bond acceptors (Lipinski definition) is 5. The van der Waals surface area contributed by atoms with E-state index in [0.29, 0.717) is 5.69 Å². The van der Waals surface area contributed by atoms with E-state index in [0.717, 1.165) is 16.0 Å². The molecule has 0 saturated heterocycles. The van der Waals surface area contributed by atoms with Crippen molar-refractivity contribution in [2.75, 3.05) is 5.32 Å². The second-order valence-electron chi connectivity index (χ2n) is 8.18. The van der Waals surface area contributed by atoms with Crippen LogP contribution in [0, 0.1) is 6.92 Å². The lowest BCUT2D eigenvalue weighted by Gasteiger charge is -2.29. The number of nitrogens with one attached hydrogen (secondary N) is 1. The minimum Gasteiger partial charge on any atom is -0.443 e. The number of ether oxygens (including phenoxy) is 2. The summed E-state index contributed by atoms with van der Waals surface area (Å²) in [6, 6.07) is 5.43. The molecule has 1 aromatic carbocycles. The third-order valence-electron chi connectivity index (χ3n) is 3.17. The average Bonchev–Trinajstić information content (AvgIpc) is 2.43. The lowest BCUT2D eigenvalue weighted by atomic mass is 10.1. The van der Waals surface area contributed by atoms with Gasteiger partial charge in [0.2, 0.25) is 0 Å². The first-order valence-corrected chi connectivity index (χ1v) is 8.98. The van der Waals surface area contributed by atoms with Gasteiger partial charge in [0, 0.05) is 5.69 Å². The average molecular weight is 396 g/mol. The van der Waals surface area contributed by atoms with Crippen LogP contribution in [0.1, 0.15) is 52.7 Å². The van der Waals surface area contributed by atoms with E-state index < -0.39 is 23.4 Å². The summed E-state index contributed by atoms with van der Waals surface area (Å²) in [5.74, 6) is 0. The number of carbonyl (C=O) groups excluding carboxylic acids is 2. The second-order valence-corrected chi connectivity index (χ2v) is 8.62. The largest absolute Gasteiger partial charge is 0.443 e. The number of nitrogens with two attached hydrogens (primary N) is 1. The molecule has 0 fully saturated rings. The van der Waals surface area contributed by atoms with Crippen molar-refractivity contribution in [2.24, 2.45) is 5.73 Å². The number of thiocarbonyl (C=S) groups is 1. The summed E-state index contributed by atoms with van der Waals surface area (Å²) in [6.45, 7) is 12.3. The summed E-state index contributed by atoms with van der Waals surface area (Å²) in [6.07, 6.45) is -1.55.